The lowest BCUT2D eigenvalue weighted by Gasteiger charge is -1.97. The molecule has 1 aliphatic heterocycles. The van der Waals surface area contributed by atoms with Gasteiger partial charge in [-0.05, 0) is 0 Å². The molecule has 0 fully saturated rings. The van der Waals surface area contributed by atoms with E-state index in [9.17, 15) is 4.79 Å². The molecule has 3 rings (SSSR count). The van der Waals surface area contributed by atoms with E-state index in [1.165, 1.54) is 0 Å². The molecule has 6 heteroatoms. The van der Waals surface area contributed by atoms with Crippen LogP contribution in [0.4, 0.5) is 0 Å². The first-order valence-corrected chi connectivity index (χ1v) is 5.56. The van der Waals surface area contributed by atoms with Crippen molar-refractivity contribution in [1.29, 1.82) is 0 Å². The number of hydrogen-bond acceptors (Lipinski definition) is 4. The smallest absolute Gasteiger partial charge is 0.169 e. The Morgan fingerprint density at radius 2 is 2.53 bits per heavy atom. The van der Waals surface area contributed by atoms with Gasteiger partial charge in [-0.25, -0.2) is 4.98 Å². The van der Waals surface area contributed by atoms with Crippen LogP contribution in [0.1, 0.15) is 10.5 Å². The van der Waals surface area contributed by atoms with Gasteiger partial charge in [0.25, 0.3) is 0 Å². The molecule has 3 heterocycles. The number of nitrogens with zero attached hydrogens (tertiary/aromatic N) is 3. The van der Waals surface area contributed by atoms with Crippen LogP contribution in [0, 0.1) is 0 Å². The lowest BCUT2D eigenvalue weighted by Crippen LogP contribution is -1.99. The Kier molecular flexibility index (Phi) is 1.88. The quantitative estimate of drug-likeness (QED) is 0.772. The first-order chi connectivity index (χ1) is 7.40. The normalized spacial score (nSPS) is 14.1. The van der Waals surface area contributed by atoms with Gasteiger partial charge >= 0.3 is 0 Å². The number of imidazole rings is 1. The van der Waals surface area contributed by atoms with Crippen LogP contribution < -0.4 is 0 Å². The summed E-state index contributed by atoms with van der Waals surface area (Å²) in [5.74, 6) is 0.995. The van der Waals surface area contributed by atoms with Gasteiger partial charge in [-0.2, -0.15) is 5.10 Å². The Labute approximate surface area is 89.9 Å². The first-order valence-electron chi connectivity index (χ1n) is 4.58. The van der Waals surface area contributed by atoms with Crippen molar-refractivity contribution in [3.63, 3.8) is 0 Å². The highest BCUT2D eigenvalue weighted by Crippen LogP contribution is 2.31. The number of aromatic amines is 1. The molecule has 0 saturated heterocycles. The van der Waals surface area contributed by atoms with Gasteiger partial charge in [0, 0.05) is 24.1 Å². The predicted molar refractivity (Wildman–Crippen MR) is 55.9 cm³/mol. The maximum Gasteiger partial charge on any atom is 0.169 e. The molecule has 0 radical (unpaired) electrons. The molecule has 0 aromatic carbocycles. The Bertz CT molecular complexity index is 502. The number of aromatic nitrogens is 4. The Morgan fingerprint density at radius 1 is 1.60 bits per heavy atom. The molecule has 0 bridgehead atoms. The van der Waals surface area contributed by atoms with Crippen molar-refractivity contribution in [2.24, 2.45) is 0 Å². The summed E-state index contributed by atoms with van der Waals surface area (Å²) in [4.78, 5) is 15.5. The molecular formula is C9H8N4OS. The molecule has 76 valence electrons. The van der Waals surface area contributed by atoms with Crippen molar-refractivity contribution in [3.8, 4) is 11.3 Å². The minimum atomic E-state index is 0.649. The summed E-state index contributed by atoms with van der Waals surface area (Å²) in [7, 11) is 0. The zero-order chi connectivity index (χ0) is 10.3. The van der Waals surface area contributed by atoms with Crippen molar-refractivity contribution in [2.75, 3.05) is 5.75 Å². The van der Waals surface area contributed by atoms with Crippen LogP contribution in [-0.4, -0.2) is 31.8 Å². The number of carbonyl (C=O) groups is 1. The monoisotopic (exact) mass is 220 g/mol. The second kappa shape index (κ2) is 3.23. The highest BCUT2D eigenvalue weighted by molar-refractivity contribution is 7.99. The fourth-order valence-corrected chi connectivity index (χ4v) is 2.67. The lowest BCUT2D eigenvalue weighted by molar-refractivity contribution is 0.111. The van der Waals surface area contributed by atoms with Crippen molar-refractivity contribution >= 4 is 18.0 Å². The average Bonchev–Trinajstić information content (AvgIpc) is 2.93. The van der Waals surface area contributed by atoms with Gasteiger partial charge in [0.15, 0.2) is 11.4 Å². The number of thioether (sulfide) groups is 1. The number of carbonyl (C=O) groups excluding carboxylic acids is 1. The largest absolute Gasteiger partial charge is 0.315 e. The van der Waals surface area contributed by atoms with Gasteiger partial charge in [0.05, 0.1) is 6.20 Å². The summed E-state index contributed by atoms with van der Waals surface area (Å²) < 4.78 is 1.96. The molecule has 2 aromatic heterocycles. The number of rotatable bonds is 2. The molecular weight excluding hydrogens is 212 g/mol. The Balaban J connectivity index is 2.20. The van der Waals surface area contributed by atoms with E-state index >= 15 is 0 Å². The summed E-state index contributed by atoms with van der Waals surface area (Å²) >= 11 is 1.68. The summed E-state index contributed by atoms with van der Waals surface area (Å²) in [5, 5.41) is 7.51. The van der Waals surface area contributed by atoms with E-state index in [0.29, 0.717) is 5.69 Å². The molecule has 15 heavy (non-hydrogen) atoms. The zero-order valence-corrected chi connectivity index (χ0v) is 8.62. The maximum absolute atomic E-state index is 11.0. The summed E-state index contributed by atoms with van der Waals surface area (Å²) in [6.45, 7) is 0.860. The van der Waals surface area contributed by atoms with Crippen LogP contribution in [0.5, 0.6) is 0 Å². The van der Waals surface area contributed by atoms with Crippen LogP contribution in [0.3, 0.4) is 0 Å². The van der Waals surface area contributed by atoms with Crippen molar-refractivity contribution < 1.29 is 4.79 Å². The molecule has 0 spiro atoms. The molecule has 2 aromatic rings. The highest BCUT2D eigenvalue weighted by atomic mass is 32.2. The van der Waals surface area contributed by atoms with Crippen molar-refractivity contribution in [1.82, 2.24) is 19.7 Å². The molecule has 0 amide bonds. The van der Waals surface area contributed by atoms with Crippen LogP contribution in [0.15, 0.2) is 17.6 Å². The van der Waals surface area contributed by atoms with Gasteiger partial charge in [-0.15, -0.1) is 0 Å². The summed E-state index contributed by atoms with van der Waals surface area (Å²) in [6, 6.07) is 0. The third kappa shape index (κ3) is 1.21. The van der Waals surface area contributed by atoms with Gasteiger partial charge in [-0.3, -0.25) is 9.89 Å². The highest BCUT2D eigenvalue weighted by Gasteiger charge is 2.22. The van der Waals surface area contributed by atoms with E-state index in [4.69, 9.17) is 0 Å². The SMILES string of the molecule is O=Cc1c(-c2cn[nH]c2)nc2n1CCS2. The molecule has 0 saturated carbocycles. The minimum absolute atomic E-state index is 0.649. The van der Waals surface area contributed by atoms with Crippen LogP contribution in [0.2, 0.25) is 0 Å². The first kappa shape index (κ1) is 8.72. The fraction of sp³-hybridized carbons (Fsp3) is 0.222. The third-order valence-corrected chi connectivity index (χ3v) is 3.36. The second-order valence-corrected chi connectivity index (χ2v) is 4.30. The molecule has 1 aliphatic rings. The Morgan fingerprint density at radius 3 is 3.27 bits per heavy atom. The predicted octanol–water partition coefficient (Wildman–Crippen LogP) is 1.19. The second-order valence-electron chi connectivity index (χ2n) is 3.23. The molecule has 5 nitrogen and oxygen atoms in total. The van der Waals surface area contributed by atoms with Gasteiger partial charge in [0.1, 0.15) is 11.4 Å². The van der Waals surface area contributed by atoms with E-state index < -0.39 is 0 Å². The molecule has 0 aliphatic carbocycles. The minimum Gasteiger partial charge on any atom is -0.315 e. The molecule has 0 unspecified atom stereocenters. The Hall–Kier alpha value is -1.56. The van der Waals surface area contributed by atoms with Crippen LogP contribution in [0.25, 0.3) is 11.3 Å². The lowest BCUT2D eigenvalue weighted by atomic mass is 10.2. The van der Waals surface area contributed by atoms with E-state index in [1.54, 1.807) is 24.2 Å². The summed E-state index contributed by atoms with van der Waals surface area (Å²) in [5.41, 5.74) is 2.23. The van der Waals surface area contributed by atoms with E-state index in [1.807, 2.05) is 4.57 Å². The van der Waals surface area contributed by atoms with Crippen LogP contribution >= 0.6 is 11.8 Å². The standard InChI is InChI=1S/C9H8N4OS/c14-5-7-8(6-3-10-11-4-6)12-9-13(7)1-2-15-9/h3-5H,1-2H2,(H,10,11). The van der Waals surface area contributed by atoms with E-state index in [0.717, 1.165) is 35.0 Å². The van der Waals surface area contributed by atoms with Crippen LogP contribution in [-0.2, 0) is 6.54 Å². The topological polar surface area (TPSA) is 63.6 Å². The third-order valence-electron chi connectivity index (χ3n) is 2.40. The number of fused-ring (bicyclic) bond motifs is 1. The number of hydrogen-bond donors (Lipinski definition) is 1. The fourth-order valence-electron chi connectivity index (χ4n) is 1.71. The molecule has 0 atom stereocenters. The van der Waals surface area contributed by atoms with Gasteiger partial charge in [0.2, 0.25) is 0 Å². The number of nitrogens with one attached hydrogen (secondary N) is 1. The number of aldehydes is 1. The van der Waals surface area contributed by atoms with Crippen molar-refractivity contribution in [2.45, 2.75) is 11.7 Å². The summed E-state index contributed by atoms with van der Waals surface area (Å²) in [6.07, 6.45) is 4.29. The number of H-pyrrole nitrogens is 1. The van der Waals surface area contributed by atoms with Crippen molar-refractivity contribution in [3.05, 3.63) is 18.1 Å². The molecule has 1 N–H and O–H groups in total. The van der Waals surface area contributed by atoms with E-state index in [2.05, 4.69) is 15.2 Å². The maximum atomic E-state index is 11.0. The zero-order valence-electron chi connectivity index (χ0n) is 7.80. The average molecular weight is 220 g/mol. The van der Waals surface area contributed by atoms with E-state index in [-0.39, 0.29) is 0 Å². The van der Waals surface area contributed by atoms with Gasteiger partial charge in [-0.1, -0.05) is 11.8 Å². The van der Waals surface area contributed by atoms with Gasteiger partial charge < -0.3 is 4.57 Å².